The average Bonchev–Trinajstić information content (AvgIpc) is 2.85. The Kier molecular flexibility index (Phi) is 4.04. The molecule has 17 heavy (non-hydrogen) atoms. The van der Waals surface area contributed by atoms with E-state index in [1.165, 1.54) is 5.56 Å². The van der Waals surface area contributed by atoms with Crippen molar-refractivity contribution >= 4 is 17.3 Å². The zero-order valence-corrected chi connectivity index (χ0v) is 10.6. The fourth-order valence-corrected chi connectivity index (χ4v) is 1.76. The van der Waals surface area contributed by atoms with Crippen LogP contribution in [0.3, 0.4) is 0 Å². The fraction of sp³-hybridized carbons (Fsp3) is 0.308. The molecule has 0 saturated carbocycles. The molecule has 0 aliphatic rings. The van der Waals surface area contributed by atoms with Crippen molar-refractivity contribution in [3.05, 3.63) is 47.8 Å². The second-order valence-electron chi connectivity index (χ2n) is 3.89. The Morgan fingerprint density at radius 3 is 2.59 bits per heavy atom. The lowest BCUT2D eigenvalue weighted by Gasteiger charge is -2.05. The summed E-state index contributed by atoms with van der Waals surface area (Å²) in [7, 11) is 0. The van der Waals surface area contributed by atoms with E-state index >= 15 is 0 Å². The van der Waals surface area contributed by atoms with E-state index in [9.17, 15) is 0 Å². The number of nitrogens with one attached hydrogen (secondary N) is 1. The maximum atomic E-state index is 5.74. The molecule has 1 N–H and O–H groups in total. The smallest absolute Gasteiger partial charge is 0.0539 e. The quantitative estimate of drug-likeness (QED) is 0.825. The minimum atomic E-state index is 0.559. The van der Waals surface area contributed by atoms with Crippen LogP contribution in [0.5, 0.6) is 0 Å². The summed E-state index contributed by atoms with van der Waals surface area (Å²) in [5, 5.41) is 7.59. The number of rotatable bonds is 5. The van der Waals surface area contributed by atoms with Crippen LogP contribution in [0, 0.1) is 0 Å². The molecule has 0 aliphatic heterocycles. The second-order valence-corrected chi connectivity index (χ2v) is 4.16. The van der Waals surface area contributed by atoms with Crippen LogP contribution in [-0.4, -0.2) is 9.78 Å². The van der Waals surface area contributed by atoms with Gasteiger partial charge in [-0.15, -0.1) is 11.6 Å². The number of anilines is 1. The number of benzene rings is 1. The van der Waals surface area contributed by atoms with Gasteiger partial charge in [0, 0.05) is 36.4 Å². The van der Waals surface area contributed by atoms with Gasteiger partial charge >= 0.3 is 0 Å². The van der Waals surface area contributed by atoms with Gasteiger partial charge < -0.3 is 5.32 Å². The van der Waals surface area contributed by atoms with Crippen LogP contribution in [0.4, 0.5) is 5.69 Å². The zero-order valence-electron chi connectivity index (χ0n) is 9.86. The molecule has 1 aromatic heterocycles. The molecule has 0 unspecified atom stereocenters. The Hall–Kier alpha value is -1.48. The van der Waals surface area contributed by atoms with Crippen molar-refractivity contribution in [2.45, 2.75) is 25.9 Å². The van der Waals surface area contributed by atoms with Crippen LogP contribution < -0.4 is 5.32 Å². The normalized spacial score (nSPS) is 10.5. The van der Waals surface area contributed by atoms with Gasteiger partial charge in [0.05, 0.1) is 6.20 Å². The van der Waals surface area contributed by atoms with Gasteiger partial charge in [0.2, 0.25) is 0 Å². The van der Waals surface area contributed by atoms with Crippen LogP contribution in [0.1, 0.15) is 18.1 Å². The van der Waals surface area contributed by atoms with Crippen molar-refractivity contribution in [3.8, 4) is 0 Å². The average molecular weight is 250 g/mol. The Balaban J connectivity index is 1.92. The SMILES string of the molecule is CCn1cc(CNc2ccc(CCl)cc2)cn1. The highest BCUT2D eigenvalue weighted by Crippen LogP contribution is 2.12. The molecule has 2 aromatic rings. The van der Waals surface area contributed by atoms with Gasteiger partial charge in [-0.3, -0.25) is 4.68 Å². The summed E-state index contributed by atoms with van der Waals surface area (Å²) >= 11 is 5.74. The number of alkyl halides is 1. The molecule has 1 heterocycles. The van der Waals surface area contributed by atoms with E-state index < -0.39 is 0 Å². The van der Waals surface area contributed by atoms with Crippen molar-refractivity contribution in [2.24, 2.45) is 0 Å². The molecule has 2 rings (SSSR count). The monoisotopic (exact) mass is 249 g/mol. The topological polar surface area (TPSA) is 29.9 Å². The molecule has 0 atom stereocenters. The molecule has 3 nitrogen and oxygen atoms in total. The zero-order chi connectivity index (χ0) is 12.1. The standard InChI is InChI=1S/C13H16ClN3/c1-2-17-10-12(9-16-17)8-15-13-5-3-11(7-14)4-6-13/h3-6,9-10,15H,2,7-8H2,1H3. The third-order valence-electron chi connectivity index (χ3n) is 2.62. The van der Waals surface area contributed by atoms with E-state index in [4.69, 9.17) is 11.6 Å². The number of aromatic nitrogens is 2. The number of hydrogen-bond acceptors (Lipinski definition) is 2. The lowest BCUT2D eigenvalue weighted by molar-refractivity contribution is 0.659. The predicted octanol–water partition coefficient (Wildman–Crippen LogP) is 3.25. The van der Waals surface area contributed by atoms with Crippen LogP contribution in [0.2, 0.25) is 0 Å². The Morgan fingerprint density at radius 1 is 1.24 bits per heavy atom. The summed E-state index contributed by atoms with van der Waals surface area (Å²) in [5.74, 6) is 0.559. The largest absolute Gasteiger partial charge is 0.381 e. The Bertz CT molecular complexity index is 462. The predicted molar refractivity (Wildman–Crippen MR) is 71.2 cm³/mol. The van der Waals surface area contributed by atoms with E-state index in [1.807, 2.05) is 35.1 Å². The lowest BCUT2D eigenvalue weighted by Crippen LogP contribution is -1.98. The third kappa shape index (κ3) is 3.24. The van der Waals surface area contributed by atoms with Crippen molar-refractivity contribution in [3.63, 3.8) is 0 Å². The second kappa shape index (κ2) is 5.73. The highest BCUT2D eigenvalue weighted by molar-refractivity contribution is 6.17. The summed E-state index contributed by atoms with van der Waals surface area (Å²) in [5.41, 5.74) is 3.42. The molecule has 1 aromatic carbocycles. The van der Waals surface area contributed by atoms with Gasteiger partial charge in [-0.2, -0.15) is 5.10 Å². The van der Waals surface area contributed by atoms with E-state index in [1.54, 1.807) is 0 Å². The molecular weight excluding hydrogens is 234 g/mol. The fourth-order valence-electron chi connectivity index (χ4n) is 1.59. The maximum absolute atomic E-state index is 5.74. The summed E-state index contributed by atoms with van der Waals surface area (Å²) in [6.45, 7) is 3.78. The third-order valence-corrected chi connectivity index (χ3v) is 2.92. The van der Waals surface area contributed by atoms with Crippen molar-refractivity contribution in [1.82, 2.24) is 9.78 Å². The van der Waals surface area contributed by atoms with Gasteiger partial charge in [-0.05, 0) is 24.6 Å². The molecule has 90 valence electrons. The first kappa shape index (κ1) is 12.0. The van der Waals surface area contributed by atoms with E-state index in [-0.39, 0.29) is 0 Å². The van der Waals surface area contributed by atoms with Gasteiger partial charge in [-0.25, -0.2) is 0 Å². The molecule has 0 aliphatic carbocycles. The first-order valence-electron chi connectivity index (χ1n) is 5.72. The van der Waals surface area contributed by atoms with Gasteiger partial charge in [0.15, 0.2) is 0 Å². The van der Waals surface area contributed by atoms with Gasteiger partial charge in [-0.1, -0.05) is 12.1 Å². The van der Waals surface area contributed by atoms with E-state index in [0.29, 0.717) is 5.88 Å². The number of halogens is 1. The molecule has 0 spiro atoms. The molecule has 0 bridgehead atoms. The van der Waals surface area contributed by atoms with Crippen LogP contribution in [0.25, 0.3) is 0 Å². The minimum absolute atomic E-state index is 0.559. The first-order chi connectivity index (χ1) is 8.31. The number of nitrogens with zero attached hydrogens (tertiary/aromatic N) is 2. The molecule has 0 radical (unpaired) electrons. The molecular formula is C13H16ClN3. The molecule has 0 amide bonds. The Labute approximate surface area is 106 Å². The van der Waals surface area contributed by atoms with E-state index in [2.05, 4.69) is 23.5 Å². The summed E-state index contributed by atoms with van der Waals surface area (Å²) < 4.78 is 1.92. The van der Waals surface area contributed by atoms with Crippen LogP contribution in [-0.2, 0) is 19.0 Å². The van der Waals surface area contributed by atoms with Gasteiger partial charge in [0.1, 0.15) is 0 Å². The van der Waals surface area contributed by atoms with E-state index in [0.717, 1.165) is 24.3 Å². The summed E-state index contributed by atoms with van der Waals surface area (Å²) in [6.07, 6.45) is 3.95. The highest BCUT2D eigenvalue weighted by atomic mass is 35.5. The Morgan fingerprint density at radius 2 is 2.00 bits per heavy atom. The van der Waals surface area contributed by atoms with Crippen molar-refractivity contribution in [1.29, 1.82) is 0 Å². The summed E-state index contributed by atoms with van der Waals surface area (Å²) in [4.78, 5) is 0. The number of aryl methyl sites for hydroxylation is 1. The van der Waals surface area contributed by atoms with Gasteiger partial charge in [0.25, 0.3) is 0 Å². The van der Waals surface area contributed by atoms with Crippen LogP contribution >= 0.6 is 11.6 Å². The molecule has 0 saturated heterocycles. The molecule has 4 heteroatoms. The maximum Gasteiger partial charge on any atom is 0.0539 e. The lowest BCUT2D eigenvalue weighted by atomic mass is 10.2. The summed E-state index contributed by atoms with van der Waals surface area (Å²) in [6, 6.07) is 8.15. The highest BCUT2D eigenvalue weighted by Gasteiger charge is 1.98. The minimum Gasteiger partial charge on any atom is -0.381 e. The first-order valence-corrected chi connectivity index (χ1v) is 6.25. The van der Waals surface area contributed by atoms with Crippen LogP contribution in [0.15, 0.2) is 36.7 Å². The molecule has 0 fully saturated rings. The van der Waals surface area contributed by atoms with Crippen molar-refractivity contribution in [2.75, 3.05) is 5.32 Å². The number of hydrogen-bond donors (Lipinski definition) is 1. The van der Waals surface area contributed by atoms with Crippen molar-refractivity contribution < 1.29 is 0 Å².